The summed E-state index contributed by atoms with van der Waals surface area (Å²) in [6, 6.07) is 8.79. The second-order valence-electron chi connectivity index (χ2n) is 12.2. The number of ether oxygens (including phenoxy) is 1. The molecule has 12 nitrogen and oxygen atoms in total. The Balaban J connectivity index is 1.21. The number of nitrogens with one attached hydrogen (secondary N) is 2. The fourth-order valence-corrected chi connectivity index (χ4v) is 6.06. The molecule has 2 aromatic heterocycles. The minimum Gasteiger partial charge on any atom is -0.383 e. The van der Waals surface area contributed by atoms with Crippen LogP contribution in [0.3, 0.4) is 0 Å². The molecule has 0 spiro atoms. The molecule has 0 radical (unpaired) electrons. The van der Waals surface area contributed by atoms with Crippen LogP contribution in [0.1, 0.15) is 28.4 Å². The molecule has 2 N–H and O–H groups in total. The molecule has 4 heterocycles. The van der Waals surface area contributed by atoms with E-state index in [9.17, 15) is 18.0 Å². The highest BCUT2D eigenvalue weighted by atomic mass is 19.4. The van der Waals surface area contributed by atoms with Gasteiger partial charge in [0.2, 0.25) is 5.95 Å². The number of amides is 1. The van der Waals surface area contributed by atoms with Gasteiger partial charge < -0.3 is 30.1 Å². The number of anilines is 5. The van der Waals surface area contributed by atoms with Crippen molar-refractivity contribution in [3.05, 3.63) is 65.6 Å². The van der Waals surface area contributed by atoms with Crippen LogP contribution in [0.15, 0.2) is 48.9 Å². The van der Waals surface area contributed by atoms with Crippen LogP contribution in [0.25, 0.3) is 11.0 Å². The first-order chi connectivity index (χ1) is 23.6. The van der Waals surface area contributed by atoms with Crippen LogP contribution in [0, 0.1) is 6.92 Å². The summed E-state index contributed by atoms with van der Waals surface area (Å²) in [6.07, 6.45) is -1.48. The highest BCUT2D eigenvalue weighted by molar-refractivity contribution is 6.05. The van der Waals surface area contributed by atoms with E-state index in [0.717, 1.165) is 70.1 Å². The third-order valence-electron chi connectivity index (χ3n) is 9.07. The van der Waals surface area contributed by atoms with E-state index in [1.807, 2.05) is 11.8 Å². The first kappa shape index (κ1) is 34.3. The lowest BCUT2D eigenvalue weighted by Gasteiger charge is -2.36. The van der Waals surface area contributed by atoms with Gasteiger partial charge in [-0.25, -0.2) is 19.9 Å². The van der Waals surface area contributed by atoms with Crippen molar-refractivity contribution < 1.29 is 22.7 Å². The van der Waals surface area contributed by atoms with Gasteiger partial charge in [0.25, 0.3) is 5.91 Å². The number of aryl methyl sites for hydroxylation is 1. The quantitative estimate of drug-likeness (QED) is 0.244. The number of aromatic nitrogens is 4. The Labute approximate surface area is 283 Å². The van der Waals surface area contributed by atoms with E-state index in [1.165, 1.54) is 6.33 Å². The topological polar surface area (TPSA) is 115 Å². The number of benzene rings is 2. The van der Waals surface area contributed by atoms with Gasteiger partial charge in [-0.05, 0) is 49.4 Å². The minimum atomic E-state index is -4.57. The van der Waals surface area contributed by atoms with Gasteiger partial charge in [0, 0.05) is 88.6 Å². The standard InChI is InChI=1S/C34H41F3N10O2/c1-4-44-7-11-46(12-8-44)27-19-25(34(35,36)37)18-26(20-27)41-32(48)24-6-5-23(2)28(17-24)42-31-30-29(39-22-40-31)21-38-33(43-30)47-13-9-45(10-14-47)15-16-49-3/h5-6,17-22H,4,7-16H2,1-3H3,(H,41,48)(H,39,40,42). The molecule has 0 aliphatic carbocycles. The first-order valence-corrected chi connectivity index (χ1v) is 16.4. The van der Waals surface area contributed by atoms with Crippen molar-refractivity contribution in [2.45, 2.75) is 20.0 Å². The number of carbonyl (C=O) groups excluding carboxylic acids is 1. The van der Waals surface area contributed by atoms with Gasteiger partial charge in [-0.1, -0.05) is 13.0 Å². The molecule has 2 aromatic carbocycles. The fraction of sp³-hybridized carbons (Fsp3) is 0.441. The smallest absolute Gasteiger partial charge is 0.383 e. The molecule has 4 aromatic rings. The lowest BCUT2D eigenvalue weighted by molar-refractivity contribution is -0.137. The lowest BCUT2D eigenvalue weighted by Crippen LogP contribution is -2.47. The minimum absolute atomic E-state index is 0.0772. The second-order valence-corrected chi connectivity index (χ2v) is 12.2. The van der Waals surface area contributed by atoms with Gasteiger partial charge >= 0.3 is 6.18 Å². The van der Waals surface area contributed by atoms with E-state index < -0.39 is 17.6 Å². The van der Waals surface area contributed by atoms with Crippen molar-refractivity contribution in [2.24, 2.45) is 0 Å². The Bertz CT molecular complexity index is 1770. The highest BCUT2D eigenvalue weighted by Crippen LogP contribution is 2.35. The molecule has 2 saturated heterocycles. The number of methoxy groups -OCH3 is 1. The van der Waals surface area contributed by atoms with Gasteiger partial charge in [-0.15, -0.1) is 0 Å². The van der Waals surface area contributed by atoms with Gasteiger partial charge in [-0.3, -0.25) is 9.69 Å². The number of likely N-dealkylation sites (N-methyl/N-ethyl adjacent to an activating group) is 1. The Morgan fingerprint density at radius 1 is 0.918 bits per heavy atom. The average Bonchev–Trinajstić information content (AvgIpc) is 3.11. The molecule has 6 rings (SSSR count). The van der Waals surface area contributed by atoms with Crippen molar-refractivity contribution in [2.75, 3.05) is 99.6 Å². The Hall–Kier alpha value is -4.60. The molecule has 1 amide bonds. The van der Waals surface area contributed by atoms with E-state index >= 15 is 0 Å². The maximum Gasteiger partial charge on any atom is 0.416 e. The van der Waals surface area contributed by atoms with Crippen LogP contribution in [-0.4, -0.2) is 115 Å². The number of rotatable bonds is 10. The maximum atomic E-state index is 13.9. The summed E-state index contributed by atoms with van der Waals surface area (Å²) in [4.78, 5) is 40.3. The largest absolute Gasteiger partial charge is 0.416 e. The van der Waals surface area contributed by atoms with Gasteiger partial charge in [0.15, 0.2) is 5.82 Å². The third kappa shape index (κ3) is 8.17. The average molecular weight is 679 g/mol. The van der Waals surface area contributed by atoms with Crippen molar-refractivity contribution in [3.63, 3.8) is 0 Å². The van der Waals surface area contributed by atoms with Crippen LogP contribution >= 0.6 is 0 Å². The molecule has 49 heavy (non-hydrogen) atoms. The van der Waals surface area contributed by atoms with Crippen molar-refractivity contribution in [1.29, 1.82) is 0 Å². The van der Waals surface area contributed by atoms with E-state index in [0.29, 0.717) is 53.9 Å². The zero-order valence-corrected chi connectivity index (χ0v) is 27.9. The molecule has 260 valence electrons. The number of nitrogens with zero attached hydrogens (tertiary/aromatic N) is 8. The van der Waals surface area contributed by atoms with E-state index in [2.05, 4.69) is 47.2 Å². The van der Waals surface area contributed by atoms with Gasteiger partial charge in [0.05, 0.1) is 18.4 Å². The Morgan fingerprint density at radius 3 is 2.37 bits per heavy atom. The number of alkyl halides is 3. The van der Waals surface area contributed by atoms with E-state index in [1.54, 1.807) is 37.6 Å². The molecule has 0 unspecified atom stereocenters. The molecule has 2 fully saturated rings. The summed E-state index contributed by atoms with van der Waals surface area (Å²) in [5.41, 5.74) is 2.47. The van der Waals surface area contributed by atoms with Crippen LogP contribution < -0.4 is 20.4 Å². The summed E-state index contributed by atoms with van der Waals surface area (Å²) >= 11 is 0. The van der Waals surface area contributed by atoms with Crippen LogP contribution in [0.2, 0.25) is 0 Å². The lowest BCUT2D eigenvalue weighted by atomic mass is 10.1. The summed E-state index contributed by atoms with van der Waals surface area (Å²) in [7, 11) is 1.70. The van der Waals surface area contributed by atoms with Crippen molar-refractivity contribution >= 4 is 45.8 Å². The number of carbonyl (C=O) groups is 1. The second kappa shape index (κ2) is 14.9. The van der Waals surface area contributed by atoms with Crippen LogP contribution in [0.5, 0.6) is 0 Å². The molecular weight excluding hydrogens is 637 g/mol. The fourth-order valence-electron chi connectivity index (χ4n) is 6.06. The number of hydrogen-bond acceptors (Lipinski definition) is 11. The normalized spacial score (nSPS) is 16.3. The van der Waals surface area contributed by atoms with Crippen molar-refractivity contribution in [3.8, 4) is 0 Å². The number of fused-ring (bicyclic) bond motifs is 1. The van der Waals surface area contributed by atoms with Crippen molar-refractivity contribution in [1.82, 2.24) is 29.7 Å². The van der Waals surface area contributed by atoms with Crippen LogP contribution in [-0.2, 0) is 10.9 Å². The molecule has 0 saturated carbocycles. The SMILES string of the molecule is CCN1CCN(c2cc(NC(=O)c3ccc(C)c(Nc4ncnc5cnc(N6CCN(CCOC)CC6)nc45)c3)cc(C(F)(F)F)c2)CC1. The molecular formula is C34H41F3N10O2. The third-order valence-corrected chi connectivity index (χ3v) is 9.07. The molecule has 15 heteroatoms. The van der Waals surface area contributed by atoms with E-state index in [-0.39, 0.29) is 11.3 Å². The highest BCUT2D eigenvalue weighted by Gasteiger charge is 2.32. The number of piperazine rings is 2. The predicted octanol–water partition coefficient (Wildman–Crippen LogP) is 4.65. The van der Waals surface area contributed by atoms with Gasteiger partial charge in [-0.2, -0.15) is 13.2 Å². The summed E-state index contributed by atoms with van der Waals surface area (Å²) < 4.78 is 47.0. The van der Waals surface area contributed by atoms with Gasteiger partial charge in [0.1, 0.15) is 17.4 Å². The summed E-state index contributed by atoms with van der Waals surface area (Å²) in [5.74, 6) is 0.485. The maximum absolute atomic E-state index is 13.9. The molecule has 2 aliphatic rings. The molecule has 0 bridgehead atoms. The van der Waals surface area contributed by atoms with Crippen LogP contribution in [0.4, 0.5) is 42.0 Å². The number of hydrogen-bond donors (Lipinski definition) is 2. The first-order valence-electron chi connectivity index (χ1n) is 16.4. The zero-order chi connectivity index (χ0) is 34.5. The molecule has 2 aliphatic heterocycles. The Kier molecular flexibility index (Phi) is 10.4. The zero-order valence-electron chi connectivity index (χ0n) is 27.9. The molecule has 0 atom stereocenters. The monoisotopic (exact) mass is 678 g/mol. The summed E-state index contributed by atoms with van der Waals surface area (Å²) in [6.45, 7) is 12.4. The summed E-state index contributed by atoms with van der Waals surface area (Å²) in [5, 5.41) is 6.01. The van der Waals surface area contributed by atoms with E-state index in [4.69, 9.17) is 9.72 Å². The number of halogens is 3. The Morgan fingerprint density at radius 2 is 1.65 bits per heavy atom. The predicted molar refractivity (Wildman–Crippen MR) is 184 cm³/mol.